The van der Waals surface area contributed by atoms with Crippen LogP contribution in [0.3, 0.4) is 0 Å². The minimum Gasteiger partial charge on any atom is -0.130 e. The van der Waals surface area contributed by atoms with Gasteiger partial charge in [0.05, 0.1) is 0 Å². The van der Waals surface area contributed by atoms with Gasteiger partial charge in [0.2, 0.25) is 0 Å². The molecule has 3 rings (SSSR count). The Bertz CT molecular complexity index is 697. The lowest BCUT2D eigenvalue weighted by molar-refractivity contribution is 0.590. The number of halogens is 1. The van der Waals surface area contributed by atoms with Crippen LogP contribution in [0.1, 0.15) is 79.0 Å². The van der Waals surface area contributed by atoms with E-state index in [9.17, 15) is 0 Å². The summed E-state index contributed by atoms with van der Waals surface area (Å²) in [7, 11) is 0. The maximum atomic E-state index is 4.64. The molecule has 32 heavy (non-hydrogen) atoms. The van der Waals surface area contributed by atoms with Crippen molar-refractivity contribution in [2.24, 2.45) is 0 Å². The van der Waals surface area contributed by atoms with Gasteiger partial charge in [-0.2, -0.15) is 0 Å². The summed E-state index contributed by atoms with van der Waals surface area (Å²) in [6.45, 7) is 20.0. The van der Waals surface area contributed by atoms with Gasteiger partial charge >= 0.3 is 0 Å². The monoisotopic (exact) mass is 452 g/mol. The van der Waals surface area contributed by atoms with Crippen LogP contribution in [0.2, 0.25) is 0 Å². The number of hydrogen-bond acceptors (Lipinski definition) is 0. The summed E-state index contributed by atoms with van der Waals surface area (Å²) in [4.78, 5) is 0. The molecule has 3 aromatic rings. The van der Waals surface area contributed by atoms with Gasteiger partial charge in [-0.3, -0.25) is 0 Å². The van der Waals surface area contributed by atoms with Gasteiger partial charge in [-0.15, -0.1) is 11.6 Å². The van der Waals surface area contributed by atoms with E-state index in [-0.39, 0.29) is 0 Å². The largest absolute Gasteiger partial charge is 0.130 e. The first-order chi connectivity index (χ1) is 14.8. The van der Waals surface area contributed by atoms with E-state index in [4.69, 9.17) is 0 Å². The van der Waals surface area contributed by atoms with Crippen LogP contribution in [0.5, 0.6) is 0 Å². The Morgan fingerprint density at radius 1 is 0.344 bits per heavy atom. The second-order valence-corrected chi connectivity index (χ2v) is 10.8. The molecule has 176 valence electrons. The summed E-state index contributed by atoms with van der Waals surface area (Å²) in [5.74, 6) is 0. The summed E-state index contributed by atoms with van der Waals surface area (Å²) in [6, 6.07) is 31.7. The van der Waals surface area contributed by atoms with Crippen molar-refractivity contribution in [3.8, 4) is 0 Å². The Morgan fingerprint density at radius 3 is 0.594 bits per heavy atom. The molecule has 0 nitrogen and oxygen atoms in total. The fourth-order valence-electron chi connectivity index (χ4n) is 2.81. The molecule has 0 N–H and O–H groups in total. The quantitative estimate of drug-likeness (QED) is 0.297. The third kappa shape index (κ3) is 12.7. The summed E-state index contributed by atoms with van der Waals surface area (Å²) >= 11 is 4.64. The molecule has 0 fully saturated rings. The SMILES string of the molecule is CC(C)(C)c1ccccc1.CC(C)(C)c1ccccc1.CC(C)(C)c1ccccc1.CCl. The molecule has 0 atom stereocenters. The molecule has 1 heteroatoms. The first-order valence-corrected chi connectivity index (χ1v) is 12.1. The fourth-order valence-corrected chi connectivity index (χ4v) is 2.81. The second kappa shape index (κ2) is 14.2. The van der Waals surface area contributed by atoms with Gasteiger partial charge in [0.1, 0.15) is 0 Å². The minimum atomic E-state index is 0.293. The lowest BCUT2D eigenvalue weighted by atomic mass is 9.87. The van der Waals surface area contributed by atoms with Gasteiger partial charge in [0, 0.05) is 6.38 Å². The predicted molar refractivity (Wildman–Crippen MR) is 147 cm³/mol. The third-order valence-electron chi connectivity index (χ3n) is 4.92. The molecule has 0 aliphatic heterocycles. The second-order valence-electron chi connectivity index (χ2n) is 10.8. The van der Waals surface area contributed by atoms with E-state index in [2.05, 4.69) is 165 Å². The van der Waals surface area contributed by atoms with Crippen LogP contribution in [-0.2, 0) is 16.2 Å². The molecule has 0 bridgehead atoms. The highest BCUT2D eigenvalue weighted by atomic mass is 35.5. The Labute approximate surface area is 204 Å². The Kier molecular flexibility index (Phi) is 13.3. The molecule has 0 aliphatic carbocycles. The van der Waals surface area contributed by atoms with Crippen molar-refractivity contribution in [3.05, 3.63) is 108 Å². The van der Waals surface area contributed by atoms with Crippen molar-refractivity contribution < 1.29 is 0 Å². The van der Waals surface area contributed by atoms with Gasteiger partial charge in [-0.25, -0.2) is 0 Å². The molecule has 0 heterocycles. The smallest absolute Gasteiger partial charge is 0.0108 e. The lowest BCUT2D eigenvalue weighted by Crippen LogP contribution is -2.10. The number of alkyl halides is 1. The van der Waals surface area contributed by atoms with Crippen molar-refractivity contribution in [2.45, 2.75) is 78.6 Å². The van der Waals surface area contributed by atoms with E-state index in [1.165, 1.54) is 23.1 Å². The van der Waals surface area contributed by atoms with Crippen LogP contribution in [0.15, 0.2) is 91.0 Å². The zero-order valence-corrected chi connectivity index (χ0v) is 22.8. The normalized spacial score (nSPS) is 11.0. The van der Waals surface area contributed by atoms with Crippen LogP contribution >= 0.6 is 11.6 Å². The maximum absolute atomic E-state index is 4.64. The third-order valence-corrected chi connectivity index (χ3v) is 4.92. The van der Waals surface area contributed by atoms with Gasteiger partial charge in [0.15, 0.2) is 0 Å². The van der Waals surface area contributed by atoms with Gasteiger partial charge in [-0.1, -0.05) is 153 Å². The van der Waals surface area contributed by atoms with Crippen LogP contribution in [0.25, 0.3) is 0 Å². The Balaban J connectivity index is 0.000000433. The topological polar surface area (TPSA) is 0 Å². The molecular formula is C31H45Cl. The van der Waals surface area contributed by atoms with Crippen molar-refractivity contribution in [1.29, 1.82) is 0 Å². The molecule has 0 aliphatic rings. The van der Waals surface area contributed by atoms with E-state index in [1.807, 2.05) is 0 Å². The van der Waals surface area contributed by atoms with Crippen molar-refractivity contribution >= 4 is 11.6 Å². The van der Waals surface area contributed by atoms with E-state index in [0.717, 1.165) is 0 Å². The van der Waals surface area contributed by atoms with Crippen molar-refractivity contribution in [3.63, 3.8) is 0 Å². The molecule has 0 unspecified atom stereocenters. The van der Waals surface area contributed by atoms with E-state index >= 15 is 0 Å². The van der Waals surface area contributed by atoms with Gasteiger partial charge in [0.25, 0.3) is 0 Å². The van der Waals surface area contributed by atoms with Gasteiger partial charge in [-0.05, 0) is 32.9 Å². The standard InChI is InChI=1S/3C10H14.CH3Cl/c3*1-10(2,3)9-7-5-4-6-8-9;1-2/h3*4-8H,1-3H3;1H3. The van der Waals surface area contributed by atoms with Crippen LogP contribution in [0, 0.1) is 0 Å². The summed E-state index contributed by atoms with van der Waals surface area (Å²) in [5.41, 5.74) is 5.07. The maximum Gasteiger partial charge on any atom is 0.0108 e. The fraction of sp³-hybridized carbons (Fsp3) is 0.419. The number of hydrogen-bond donors (Lipinski definition) is 0. The van der Waals surface area contributed by atoms with Crippen LogP contribution < -0.4 is 0 Å². The molecule has 0 saturated heterocycles. The van der Waals surface area contributed by atoms with E-state index < -0.39 is 0 Å². The molecule has 3 aromatic carbocycles. The zero-order valence-electron chi connectivity index (χ0n) is 22.0. The number of benzene rings is 3. The average Bonchev–Trinajstić information content (AvgIpc) is 2.76. The molecule has 0 amide bonds. The van der Waals surface area contributed by atoms with Crippen molar-refractivity contribution in [1.82, 2.24) is 0 Å². The predicted octanol–water partition coefficient (Wildman–Crippen LogP) is 9.81. The first kappa shape index (κ1) is 30.0. The molecule has 0 radical (unpaired) electrons. The highest BCUT2D eigenvalue weighted by molar-refractivity contribution is 6.15. The summed E-state index contributed by atoms with van der Waals surface area (Å²) < 4.78 is 0. The molecule has 0 aromatic heterocycles. The zero-order chi connectivity index (χ0) is 24.8. The first-order valence-electron chi connectivity index (χ1n) is 11.4. The molecule has 0 saturated carbocycles. The number of rotatable bonds is 0. The van der Waals surface area contributed by atoms with Crippen LogP contribution in [0.4, 0.5) is 0 Å². The minimum absolute atomic E-state index is 0.293. The average molecular weight is 453 g/mol. The molecule has 0 spiro atoms. The molecular weight excluding hydrogens is 408 g/mol. The van der Waals surface area contributed by atoms with Crippen molar-refractivity contribution in [2.75, 3.05) is 6.38 Å². The van der Waals surface area contributed by atoms with Gasteiger partial charge < -0.3 is 0 Å². The highest BCUT2D eigenvalue weighted by Crippen LogP contribution is 2.22. The Morgan fingerprint density at radius 2 is 0.500 bits per heavy atom. The Hall–Kier alpha value is -2.05. The van der Waals surface area contributed by atoms with Crippen LogP contribution in [-0.4, -0.2) is 6.38 Å². The van der Waals surface area contributed by atoms with E-state index in [1.54, 1.807) is 0 Å². The highest BCUT2D eigenvalue weighted by Gasteiger charge is 2.12. The summed E-state index contributed by atoms with van der Waals surface area (Å²) in [6.07, 6.45) is 1.47. The van der Waals surface area contributed by atoms with E-state index in [0.29, 0.717) is 16.2 Å². The summed E-state index contributed by atoms with van der Waals surface area (Å²) in [5, 5.41) is 0. The lowest BCUT2D eigenvalue weighted by Gasteiger charge is -2.18.